The second-order valence-electron chi connectivity index (χ2n) is 5.01. The van der Waals surface area contributed by atoms with Crippen molar-refractivity contribution in [2.45, 2.75) is 44.0 Å². The fourth-order valence-corrected chi connectivity index (χ4v) is 2.87. The maximum Gasteiger partial charge on any atom is 0.223 e. The van der Waals surface area contributed by atoms with Crippen LogP contribution in [0.2, 0.25) is 0 Å². The van der Waals surface area contributed by atoms with Crippen LogP contribution in [-0.2, 0) is 16.7 Å². The first kappa shape index (κ1) is 13.6. The van der Waals surface area contributed by atoms with E-state index in [9.17, 15) is 4.79 Å². The molecule has 0 bridgehead atoms. The van der Waals surface area contributed by atoms with Gasteiger partial charge in [-0.25, -0.2) is 0 Å². The maximum absolute atomic E-state index is 12.0. The fourth-order valence-electron chi connectivity index (χ4n) is 2.52. The molecular weight excluding hydrogens is 290 g/mol. The molecular formula is C15H20BrNO. The van der Waals surface area contributed by atoms with Crippen molar-refractivity contribution in [1.29, 1.82) is 0 Å². The van der Waals surface area contributed by atoms with Crippen LogP contribution in [-0.4, -0.2) is 5.91 Å². The molecule has 0 aromatic heterocycles. The molecule has 0 spiro atoms. The molecule has 1 aliphatic rings. The van der Waals surface area contributed by atoms with Crippen LogP contribution in [0.15, 0.2) is 24.3 Å². The number of hydrogen-bond acceptors (Lipinski definition) is 1. The summed E-state index contributed by atoms with van der Waals surface area (Å²) in [6.07, 6.45) is 5.83. The number of alkyl halides is 1. The standard InChI is InChI=1S/C15H20BrNO/c16-10-12-5-4-6-13(9-12)11-17-15(18)14-7-2-1-3-8-14/h4-6,9,14H,1-3,7-8,10-11H2,(H,17,18). The van der Waals surface area contributed by atoms with E-state index < -0.39 is 0 Å². The molecule has 1 saturated carbocycles. The topological polar surface area (TPSA) is 29.1 Å². The summed E-state index contributed by atoms with van der Waals surface area (Å²) in [5, 5.41) is 3.92. The summed E-state index contributed by atoms with van der Waals surface area (Å²) in [5.41, 5.74) is 2.43. The third-order valence-electron chi connectivity index (χ3n) is 3.59. The first-order chi connectivity index (χ1) is 8.79. The van der Waals surface area contributed by atoms with Crippen LogP contribution in [0, 0.1) is 5.92 Å². The molecule has 0 saturated heterocycles. The summed E-state index contributed by atoms with van der Waals surface area (Å²) in [5.74, 6) is 0.483. The lowest BCUT2D eigenvalue weighted by Gasteiger charge is -2.20. The van der Waals surface area contributed by atoms with E-state index in [-0.39, 0.29) is 11.8 Å². The summed E-state index contributed by atoms with van der Waals surface area (Å²) in [4.78, 5) is 12.0. The van der Waals surface area contributed by atoms with E-state index in [1.807, 2.05) is 6.07 Å². The van der Waals surface area contributed by atoms with Gasteiger partial charge in [0.25, 0.3) is 0 Å². The van der Waals surface area contributed by atoms with E-state index in [4.69, 9.17) is 0 Å². The van der Waals surface area contributed by atoms with Crippen LogP contribution >= 0.6 is 15.9 Å². The molecule has 1 N–H and O–H groups in total. The highest BCUT2D eigenvalue weighted by atomic mass is 79.9. The lowest BCUT2D eigenvalue weighted by molar-refractivity contribution is -0.126. The summed E-state index contributed by atoms with van der Waals surface area (Å²) in [6.45, 7) is 0.649. The molecule has 0 atom stereocenters. The summed E-state index contributed by atoms with van der Waals surface area (Å²) < 4.78 is 0. The van der Waals surface area contributed by atoms with Crippen molar-refractivity contribution in [3.05, 3.63) is 35.4 Å². The normalized spacial score (nSPS) is 16.5. The van der Waals surface area contributed by atoms with Gasteiger partial charge >= 0.3 is 0 Å². The van der Waals surface area contributed by atoms with Crippen LogP contribution in [0.3, 0.4) is 0 Å². The van der Waals surface area contributed by atoms with Crippen molar-refractivity contribution in [3.63, 3.8) is 0 Å². The average Bonchev–Trinajstić information content (AvgIpc) is 2.46. The smallest absolute Gasteiger partial charge is 0.223 e. The minimum absolute atomic E-state index is 0.235. The predicted octanol–water partition coefficient (Wildman–Crippen LogP) is 3.78. The van der Waals surface area contributed by atoms with Gasteiger partial charge in [-0.3, -0.25) is 4.79 Å². The molecule has 0 unspecified atom stereocenters. The Morgan fingerprint density at radius 3 is 2.67 bits per heavy atom. The first-order valence-electron chi connectivity index (χ1n) is 6.71. The van der Waals surface area contributed by atoms with Crippen molar-refractivity contribution in [2.75, 3.05) is 0 Å². The number of amides is 1. The van der Waals surface area contributed by atoms with Gasteiger partial charge in [-0.15, -0.1) is 0 Å². The van der Waals surface area contributed by atoms with E-state index in [0.717, 1.165) is 18.2 Å². The Morgan fingerprint density at radius 2 is 1.94 bits per heavy atom. The molecule has 18 heavy (non-hydrogen) atoms. The molecule has 1 amide bonds. The zero-order valence-corrected chi connectivity index (χ0v) is 12.2. The molecule has 1 fully saturated rings. The van der Waals surface area contributed by atoms with Gasteiger partial charge in [-0.1, -0.05) is 59.5 Å². The van der Waals surface area contributed by atoms with Gasteiger partial charge < -0.3 is 5.32 Å². The fraction of sp³-hybridized carbons (Fsp3) is 0.533. The van der Waals surface area contributed by atoms with Crippen LogP contribution in [0.25, 0.3) is 0 Å². The number of nitrogens with one attached hydrogen (secondary N) is 1. The Balaban J connectivity index is 1.84. The Kier molecular flexibility index (Phi) is 5.24. The van der Waals surface area contributed by atoms with E-state index in [1.165, 1.54) is 30.4 Å². The Bertz CT molecular complexity index is 399. The van der Waals surface area contributed by atoms with Gasteiger partial charge in [0.1, 0.15) is 0 Å². The van der Waals surface area contributed by atoms with Crippen LogP contribution in [0.5, 0.6) is 0 Å². The number of halogens is 1. The average molecular weight is 310 g/mol. The number of carbonyl (C=O) groups excluding carboxylic acids is 1. The van der Waals surface area contributed by atoms with Gasteiger partial charge in [0.15, 0.2) is 0 Å². The number of rotatable bonds is 4. The molecule has 2 nitrogen and oxygen atoms in total. The highest BCUT2D eigenvalue weighted by Gasteiger charge is 2.20. The van der Waals surface area contributed by atoms with Gasteiger partial charge in [0.05, 0.1) is 0 Å². The second kappa shape index (κ2) is 6.93. The van der Waals surface area contributed by atoms with E-state index in [1.54, 1.807) is 0 Å². The van der Waals surface area contributed by atoms with Crippen molar-refractivity contribution in [2.24, 2.45) is 5.92 Å². The maximum atomic E-state index is 12.0. The van der Waals surface area contributed by atoms with E-state index in [0.29, 0.717) is 6.54 Å². The van der Waals surface area contributed by atoms with Gasteiger partial charge in [-0.2, -0.15) is 0 Å². The zero-order valence-electron chi connectivity index (χ0n) is 10.6. The molecule has 0 aliphatic heterocycles. The lowest BCUT2D eigenvalue weighted by atomic mass is 9.88. The third-order valence-corrected chi connectivity index (χ3v) is 4.24. The Labute approximate surface area is 117 Å². The Hall–Kier alpha value is -0.830. The minimum atomic E-state index is 0.235. The summed E-state index contributed by atoms with van der Waals surface area (Å²) in [7, 11) is 0. The number of hydrogen-bond donors (Lipinski definition) is 1. The monoisotopic (exact) mass is 309 g/mol. The molecule has 1 aromatic carbocycles. The largest absolute Gasteiger partial charge is 0.352 e. The van der Waals surface area contributed by atoms with Crippen molar-refractivity contribution >= 4 is 21.8 Å². The number of carbonyl (C=O) groups is 1. The summed E-state index contributed by atoms with van der Waals surface area (Å²) >= 11 is 3.45. The van der Waals surface area contributed by atoms with E-state index in [2.05, 4.69) is 39.4 Å². The molecule has 1 aliphatic carbocycles. The van der Waals surface area contributed by atoms with Crippen molar-refractivity contribution in [1.82, 2.24) is 5.32 Å². The third kappa shape index (κ3) is 3.84. The lowest BCUT2D eigenvalue weighted by Crippen LogP contribution is -2.31. The quantitative estimate of drug-likeness (QED) is 0.843. The van der Waals surface area contributed by atoms with E-state index >= 15 is 0 Å². The van der Waals surface area contributed by atoms with Gasteiger partial charge in [0, 0.05) is 17.8 Å². The molecule has 3 heteroatoms. The molecule has 0 radical (unpaired) electrons. The molecule has 2 rings (SSSR count). The highest BCUT2D eigenvalue weighted by molar-refractivity contribution is 9.08. The van der Waals surface area contributed by atoms with Crippen molar-refractivity contribution in [3.8, 4) is 0 Å². The molecule has 1 aromatic rings. The van der Waals surface area contributed by atoms with Crippen LogP contribution in [0.1, 0.15) is 43.2 Å². The molecule has 98 valence electrons. The first-order valence-corrected chi connectivity index (χ1v) is 7.83. The molecule has 0 heterocycles. The van der Waals surface area contributed by atoms with Gasteiger partial charge in [0.2, 0.25) is 5.91 Å². The summed E-state index contributed by atoms with van der Waals surface area (Å²) in [6, 6.07) is 8.32. The predicted molar refractivity (Wildman–Crippen MR) is 77.5 cm³/mol. The second-order valence-corrected chi connectivity index (χ2v) is 5.57. The van der Waals surface area contributed by atoms with Crippen molar-refractivity contribution < 1.29 is 4.79 Å². The SMILES string of the molecule is O=C(NCc1cccc(CBr)c1)C1CCCCC1. The minimum Gasteiger partial charge on any atom is -0.352 e. The highest BCUT2D eigenvalue weighted by Crippen LogP contribution is 2.23. The van der Waals surface area contributed by atoms with Crippen LogP contribution in [0.4, 0.5) is 0 Å². The zero-order chi connectivity index (χ0) is 12.8. The van der Waals surface area contributed by atoms with Crippen LogP contribution < -0.4 is 5.32 Å². The Morgan fingerprint density at radius 1 is 1.22 bits per heavy atom. The number of benzene rings is 1. The van der Waals surface area contributed by atoms with Gasteiger partial charge in [-0.05, 0) is 24.0 Å².